The standard InChI is InChI=1S/C20H30N4O.HI/c1-20(2,3)25-16-18-9-7-8-17(14-18)15-23-19(21-4)22-10-13-24-11-5-6-12-24;/h5-9,11-12,14H,10,13,15-16H2,1-4H3,(H2,21,22,23);1H. The minimum Gasteiger partial charge on any atom is -0.371 e. The van der Waals surface area contributed by atoms with Gasteiger partial charge >= 0.3 is 0 Å². The minimum atomic E-state index is -0.125. The fraction of sp³-hybridized carbons (Fsp3) is 0.450. The van der Waals surface area contributed by atoms with Gasteiger partial charge in [0.1, 0.15) is 0 Å². The highest BCUT2D eigenvalue weighted by molar-refractivity contribution is 14.0. The van der Waals surface area contributed by atoms with E-state index in [1.54, 1.807) is 7.05 Å². The van der Waals surface area contributed by atoms with Gasteiger partial charge in [-0.25, -0.2) is 0 Å². The smallest absolute Gasteiger partial charge is 0.191 e. The molecule has 2 rings (SSSR count). The number of aliphatic imine (C=N–C) groups is 1. The molecule has 0 radical (unpaired) electrons. The SMILES string of the molecule is CN=C(NCCn1cccc1)NCc1cccc(COC(C)(C)C)c1.I. The van der Waals surface area contributed by atoms with Crippen LogP contribution in [0.15, 0.2) is 53.8 Å². The second-order valence-corrected chi connectivity index (χ2v) is 6.99. The summed E-state index contributed by atoms with van der Waals surface area (Å²) in [7, 11) is 1.79. The van der Waals surface area contributed by atoms with Gasteiger partial charge in [-0.1, -0.05) is 24.3 Å². The number of halogens is 1. The number of nitrogens with one attached hydrogen (secondary N) is 2. The van der Waals surface area contributed by atoms with E-state index in [4.69, 9.17) is 4.74 Å². The van der Waals surface area contributed by atoms with Crippen molar-refractivity contribution < 1.29 is 4.74 Å². The number of ether oxygens (including phenoxy) is 1. The van der Waals surface area contributed by atoms with Crippen molar-refractivity contribution in [2.45, 2.75) is 46.1 Å². The second kappa shape index (κ2) is 11.2. The Morgan fingerprint density at radius 3 is 2.42 bits per heavy atom. The molecule has 0 atom stereocenters. The van der Waals surface area contributed by atoms with Crippen LogP contribution in [0.5, 0.6) is 0 Å². The first-order valence-corrected chi connectivity index (χ1v) is 8.73. The summed E-state index contributed by atoms with van der Waals surface area (Å²) in [6, 6.07) is 12.5. The number of nitrogens with zero attached hydrogens (tertiary/aromatic N) is 2. The number of guanidine groups is 1. The fourth-order valence-electron chi connectivity index (χ4n) is 2.36. The summed E-state index contributed by atoms with van der Waals surface area (Å²) < 4.78 is 7.98. The number of hydrogen-bond acceptors (Lipinski definition) is 2. The topological polar surface area (TPSA) is 50.6 Å². The molecule has 0 aliphatic carbocycles. The molecule has 0 saturated heterocycles. The van der Waals surface area contributed by atoms with Crippen molar-refractivity contribution in [2.24, 2.45) is 4.99 Å². The Morgan fingerprint density at radius 1 is 1.08 bits per heavy atom. The van der Waals surface area contributed by atoms with E-state index in [1.807, 2.05) is 12.1 Å². The van der Waals surface area contributed by atoms with E-state index in [0.717, 1.165) is 25.6 Å². The molecule has 0 unspecified atom stereocenters. The minimum absolute atomic E-state index is 0. The summed E-state index contributed by atoms with van der Waals surface area (Å²) in [6.45, 7) is 9.31. The lowest BCUT2D eigenvalue weighted by Gasteiger charge is -2.19. The van der Waals surface area contributed by atoms with Gasteiger partial charge in [0.05, 0.1) is 12.2 Å². The molecular formula is C20H31IN4O. The van der Waals surface area contributed by atoms with Crippen LogP contribution in [-0.4, -0.2) is 29.7 Å². The van der Waals surface area contributed by atoms with Gasteiger partial charge in [0, 0.05) is 39.1 Å². The normalized spacial score (nSPS) is 11.8. The van der Waals surface area contributed by atoms with Gasteiger partial charge in [-0.05, 0) is 44.0 Å². The molecule has 1 aromatic heterocycles. The average molecular weight is 470 g/mol. The Bertz CT molecular complexity index is 663. The predicted molar refractivity (Wildman–Crippen MR) is 119 cm³/mol. The quantitative estimate of drug-likeness (QED) is 0.368. The van der Waals surface area contributed by atoms with Crippen molar-refractivity contribution in [2.75, 3.05) is 13.6 Å². The molecule has 0 bridgehead atoms. The van der Waals surface area contributed by atoms with Crippen LogP contribution in [0.1, 0.15) is 31.9 Å². The van der Waals surface area contributed by atoms with Gasteiger partial charge in [-0.3, -0.25) is 4.99 Å². The summed E-state index contributed by atoms with van der Waals surface area (Å²) in [6.07, 6.45) is 4.12. The second-order valence-electron chi connectivity index (χ2n) is 6.99. The number of benzene rings is 1. The Balaban J connectivity index is 0.00000338. The summed E-state index contributed by atoms with van der Waals surface area (Å²) in [5, 5.41) is 6.69. The first-order chi connectivity index (χ1) is 12.0. The third-order valence-electron chi connectivity index (χ3n) is 3.68. The highest BCUT2D eigenvalue weighted by Crippen LogP contribution is 2.13. The largest absolute Gasteiger partial charge is 0.371 e. The van der Waals surface area contributed by atoms with Gasteiger partial charge in [0.2, 0.25) is 0 Å². The molecule has 0 fully saturated rings. The van der Waals surface area contributed by atoms with Crippen molar-refractivity contribution in [1.29, 1.82) is 0 Å². The van der Waals surface area contributed by atoms with Crippen molar-refractivity contribution in [3.05, 3.63) is 59.9 Å². The van der Waals surface area contributed by atoms with E-state index in [0.29, 0.717) is 6.61 Å². The average Bonchev–Trinajstić information content (AvgIpc) is 3.09. The fourth-order valence-corrected chi connectivity index (χ4v) is 2.36. The lowest BCUT2D eigenvalue weighted by Crippen LogP contribution is -2.38. The van der Waals surface area contributed by atoms with Crippen LogP contribution < -0.4 is 10.6 Å². The third-order valence-corrected chi connectivity index (χ3v) is 3.68. The molecule has 144 valence electrons. The zero-order valence-electron chi connectivity index (χ0n) is 16.2. The zero-order chi connectivity index (χ0) is 18.1. The highest BCUT2D eigenvalue weighted by Gasteiger charge is 2.10. The van der Waals surface area contributed by atoms with Crippen molar-refractivity contribution in [3.8, 4) is 0 Å². The van der Waals surface area contributed by atoms with E-state index in [2.05, 4.69) is 77.6 Å². The number of hydrogen-bond donors (Lipinski definition) is 2. The first kappa shape index (κ1) is 22.5. The van der Waals surface area contributed by atoms with Crippen LogP contribution in [0.2, 0.25) is 0 Å². The van der Waals surface area contributed by atoms with Gasteiger partial charge in [0.15, 0.2) is 5.96 Å². The van der Waals surface area contributed by atoms with Crippen LogP contribution in [0, 0.1) is 0 Å². The Morgan fingerprint density at radius 2 is 1.77 bits per heavy atom. The summed E-state index contributed by atoms with van der Waals surface area (Å²) >= 11 is 0. The Kier molecular flexibility index (Phi) is 9.72. The molecule has 0 aliphatic heterocycles. The Hall–Kier alpha value is -1.54. The molecule has 1 heterocycles. The molecule has 26 heavy (non-hydrogen) atoms. The summed E-state index contributed by atoms with van der Waals surface area (Å²) in [5.41, 5.74) is 2.27. The number of aromatic nitrogens is 1. The summed E-state index contributed by atoms with van der Waals surface area (Å²) in [5.74, 6) is 0.809. The molecule has 0 saturated carbocycles. The molecule has 6 heteroatoms. The van der Waals surface area contributed by atoms with Crippen LogP contribution >= 0.6 is 24.0 Å². The lowest BCUT2D eigenvalue weighted by atomic mass is 10.1. The maximum absolute atomic E-state index is 5.85. The van der Waals surface area contributed by atoms with Gasteiger partial charge in [-0.15, -0.1) is 24.0 Å². The van der Waals surface area contributed by atoms with E-state index >= 15 is 0 Å². The molecule has 0 amide bonds. The van der Waals surface area contributed by atoms with Crippen LogP contribution in [0.4, 0.5) is 0 Å². The van der Waals surface area contributed by atoms with Gasteiger partial charge in [-0.2, -0.15) is 0 Å². The molecule has 0 spiro atoms. The van der Waals surface area contributed by atoms with E-state index in [9.17, 15) is 0 Å². The zero-order valence-corrected chi connectivity index (χ0v) is 18.5. The van der Waals surface area contributed by atoms with Crippen molar-refractivity contribution >= 4 is 29.9 Å². The molecule has 0 aliphatic rings. The Labute approximate surface area is 174 Å². The van der Waals surface area contributed by atoms with Crippen LogP contribution in [0.25, 0.3) is 0 Å². The van der Waals surface area contributed by atoms with E-state index < -0.39 is 0 Å². The third kappa shape index (κ3) is 8.71. The van der Waals surface area contributed by atoms with E-state index in [-0.39, 0.29) is 29.6 Å². The maximum atomic E-state index is 5.85. The molecule has 5 nitrogen and oxygen atoms in total. The van der Waals surface area contributed by atoms with Crippen molar-refractivity contribution in [3.63, 3.8) is 0 Å². The monoisotopic (exact) mass is 470 g/mol. The predicted octanol–water partition coefficient (Wildman–Crippen LogP) is 3.79. The first-order valence-electron chi connectivity index (χ1n) is 8.73. The van der Waals surface area contributed by atoms with Gasteiger partial charge in [0.25, 0.3) is 0 Å². The van der Waals surface area contributed by atoms with Crippen molar-refractivity contribution in [1.82, 2.24) is 15.2 Å². The van der Waals surface area contributed by atoms with Gasteiger partial charge < -0.3 is 19.9 Å². The van der Waals surface area contributed by atoms with Crippen LogP contribution in [0.3, 0.4) is 0 Å². The molecular weight excluding hydrogens is 439 g/mol. The molecule has 2 aromatic rings. The number of rotatable bonds is 7. The maximum Gasteiger partial charge on any atom is 0.191 e. The van der Waals surface area contributed by atoms with E-state index in [1.165, 1.54) is 11.1 Å². The van der Waals surface area contributed by atoms with Crippen LogP contribution in [-0.2, 0) is 24.4 Å². The molecule has 1 aromatic carbocycles. The molecule has 2 N–H and O–H groups in total. The lowest BCUT2D eigenvalue weighted by molar-refractivity contribution is -0.0149. The highest BCUT2D eigenvalue weighted by atomic mass is 127. The summed E-state index contributed by atoms with van der Waals surface area (Å²) in [4.78, 5) is 4.27.